The zero-order chi connectivity index (χ0) is 13.8. The van der Waals surface area contributed by atoms with Crippen LogP contribution in [0.4, 0.5) is 11.4 Å². The highest BCUT2D eigenvalue weighted by Crippen LogP contribution is 2.21. The summed E-state index contributed by atoms with van der Waals surface area (Å²) in [5.74, 6) is -0.0624. The summed E-state index contributed by atoms with van der Waals surface area (Å²) in [7, 11) is 0. The molecule has 6 nitrogen and oxygen atoms in total. The number of aryl methyl sites for hydroxylation is 1. The van der Waals surface area contributed by atoms with Crippen molar-refractivity contribution in [3.63, 3.8) is 0 Å². The number of nitro groups is 1. The Bertz CT molecular complexity index is 496. The Kier molecular flexibility index (Phi) is 4.11. The van der Waals surface area contributed by atoms with Crippen LogP contribution in [0.5, 0.6) is 0 Å². The third-order valence-electron chi connectivity index (χ3n) is 3.27. The maximum atomic E-state index is 11.8. The lowest BCUT2D eigenvalue weighted by molar-refractivity contribution is -0.385. The number of rotatable bonds is 4. The number of anilines is 1. The van der Waals surface area contributed by atoms with Gasteiger partial charge in [-0.25, -0.2) is 0 Å². The standard InChI is InChI=1S/C13H17N3O3/c1-9-7-11(4-5-12(9)16(18)19)15-13(17)8-10-3-2-6-14-10/h4-5,7,10,14H,2-3,6,8H2,1H3,(H,15,17). The monoisotopic (exact) mass is 263 g/mol. The van der Waals surface area contributed by atoms with Crippen molar-refractivity contribution in [3.05, 3.63) is 33.9 Å². The first-order valence-corrected chi connectivity index (χ1v) is 6.34. The van der Waals surface area contributed by atoms with E-state index in [-0.39, 0.29) is 17.6 Å². The van der Waals surface area contributed by atoms with E-state index in [1.165, 1.54) is 6.07 Å². The van der Waals surface area contributed by atoms with Crippen LogP contribution in [-0.2, 0) is 4.79 Å². The lowest BCUT2D eigenvalue weighted by atomic mass is 10.1. The van der Waals surface area contributed by atoms with Crippen molar-refractivity contribution in [3.8, 4) is 0 Å². The number of benzene rings is 1. The molecule has 2 N–H and O–H groups in total. The van der Waals surface area contributed by atoms with E-state index in [0.717, 1.165) is 19.4 Å². The van der Waals surface area contributed by atoms with Crippen molar-refractivity contribution in [2.75, 3.05) is 11.9 Å². The first-order chi connectivity index (χ1) is 9.06. The van der Waals surface area contributed by atoms with E-state index in [0.29, 0.717) is 17.7 Å². The van der Waals surface area contributed by atoms with Gasteiger partial charge in [-0.05, 0) is 38.4 Å². The Morgan fingerprint density at radius 2 is 2.37 bits per heavy atom. The van der Waals surface area contributed by atoms with Gasteiger partial charge >= 0.3 is 0 Å². The van der Waals surface area contributed by atoms with Crippen LogP contribution >= 0.6 is 0 Å². The molecule has 6 heteroatoms. The fraction of sp³-hybridized carbons (Fsp3) is 0.462. The van der Waals surface area contributed by atoms with Crippen LogP contribution in [-0.4, -0.2) is 23.4 Å². The Labute approximate surface area is 111 Å². The van der Waals surface area contributed by atoms with Crippen LogP contribution in [0.25, 0.3) is 0 Å². The van der Waals surface area contributed by atoms with Gasteiger partial charge < -0.3 is 10.6 Å². The summed E-state index contributed by atoms with van der Waals surface area (Å²) in [6, 6.07) is 4.85. The van der Waals surface area contributed by atoms with Crippen molar-refractivity contribution >= 4 is 17.3 Å². The number of amides is 1. The Hall–Kier alpha value is -1.95. The molecule has 1 aromatic carbocycles. The highest BCUT2D eigenvalue weighted by molar-refractivity contribution is 5.91. The second-order valence-electron chi connectivity index (χ2n) is 4.80. The zero-order valence-electron chi connectivity index (χ0n) is 10.8. The van der Waals surface area contributed by atoms with E-state index in [1.807, 2.05) is 0 Å². The summed E-state index contributed by atoms with van der Waals surface area (Å²) >= 11 is 0. The van der Waals surface area contributed by atoms with Gasteiger partial charge in [-0.2, -0.15) is 0 Å². The molecule has 1 aliphatic heterocycles. The van der Waals surface area contributed by atoms with E-state index in [9.17, 15) is 14.9 Å². The van der Waals surface area contributed by atoms with E-state index < -0.39 is 4.92 Å². The molecule has 1 heterocycles. The molecular formula is C13H17N3O3. The Morgan fingerprint density at radius 3 is 2.95 bits per heavy atom. The molecule has 1 atom stereocenters. The van der Waals surface area contributed by atoms with Gasteiger partial charge in [0.05, 0.1) is 4.92 Å². The molecule has 0 bridgehead atoms. The molecule has 0 saturated carbocycles. The molecule has 2 rings (SSSR count). The van der Waals surface area contributed by atoms with Crippen molar-refractivity contribution in [1.82, 2.24) is 5.32 Å². The van der Waals surface area contributed by atoms with Gasteiger partial charge in [0.2, 0.25) is 5.91 Å². The average Bonchev–Trinajstić information content (AvgIpc) is 2.81. The SMILES string of the molecule is Cc1cc(NC(=O)CC2CCCN2)ccc1[N+](=O)[O-]. The molecule has 0 aliphatic carbocycles. The predicted molar refractivity (Wildman–Crippen MR) is 72.1 cm³/mol. The molecule has 1 aromatic rings. The predicted octanol–water partition coefficient (Wildman–Crippen LogP) is 1.98. The minimum Gasteiger partial charge on any atom is -0.326 e. The summed E-state index contributed by atoms with van der Waals surface area (Å²) in [5.41, 5.74) is 1.21. The number of carbonyl (C=O) groups excluding carboxylic acids is 1. The number of nitrogens with zero attached hydrogens (tertiary/aromatic N) is 1. The Balaban J connectivity index is 1.96. The zero-order valence-corrected chi connectivity index (χ0v) is 10.8. The molecule has 1 fully saturated rings. The van der Waals surface area contributed by atoms with Crippen LogP contribution in [0.1, 0.15) is 24.8 Å². The van der Waals surface area contributed by atoms with Gasteiger partial charge in [0.15, 0.2) is 0 Å². The summed E-state index contributed by atoms with van der Waals surface area (Å²) in [5, 5.41) is 16.7. The molecule has 0 radical (unpaired) electrons. The average molecular weight is 263 g/mol. The van der Waals surface area contributed by atoms with Crippen LogP contribution in [0.2, 0.25) is 0 Å². The van der Waals surface area contributed by atoms with Crippen LogP contribution in [0.3, 0.4) is 0 Å². The molecule has 1 aliphatic rings. The highest BCUT2D eigenvalue weighted by Gasteiger charge is 2.18. The second kappa shape index (κ2) is 5.79. The van der Waals surface area contributed by atoms with Crippen LogP contribution < -0.4 is 10.6 Å². The number of hydrogen-bond acceptors (Lipinski definition) is 4. The maximum Gasteiger partial charge on any atom is 0.272 e. The molecule has 19 heavy (non-hydrogen) atoms. The summed E-state index contributed by atoms with van der Waals surface area (Å²) in [4.78, 5) is 22.1. The fourth-order valence-corrected chi connectivity index (χ4v) is 2.30. The fourth-order valence-electron chi connectivity index (χ4n) is 2.30. The Morgan fingerprint density at radius 1 is 1.58 bits per heavy atom. The maximum absolute atomic E-state index is 11.8. The minimum atomic E-state index is -0.427. The van der Waals surface area contributed by atoms with E-state index in [1.54, 1.807) is 19.1 Å². The van der Waals surface area contributed by atoms with Gasteiger partial charge in [-0.1, -0.05) is 0 Å². The van der Waals surface area contributed by atoms with Gasteiger partial charge in [0, 0.05) is 29.8 Å². The molecular weight excluding hydrogens is 246 g/mol. The van der Waals surface area contributed by atoms with E-state index in [2.05, 4.69) is 10.6 Å². The van der Waals surface area contributed by atoms with Crippen LogP contribution in [0.15, 0.2) is 18.2 Å². The first kappa shape index (κ1) is 13.5. The van der Waals surface area contributed by atoms with Gasteiger partial charge in [0.25, 0.3) is 5.69 Å². The van der Waals surface area contributed by atoms with Crippen molar-refractivity contribution in [1.29, 1.82) is 0 Å². The highest BCUT2D eigenvalue weighted by atomic mass is 16.6. The van der Waals surface area contributed by atoms with Crippen molar-refractivity contribution < 1.29 is 9.72 Å². The van der Waals surface area contributed by atoms with Gasteiger partial charge in [-0.15, -0.1) is 0 Å². The van der Waals surface area contributed by atoms with Crippen molar-refractivity contribution in [2.24, 2.45) is 0 Å². The largest absolute Gasteiger partial charge is 0.326 e. The van der Waals surface area contributed by atoms with E-state index >= 15 is 0 Å². The lowest BCUT2D eigenvalue weighted by Crippen LogP contribution is -2.27. The molecule has 1 unspecified atom stereocenters. The smallest absolute Gasteiger partial charge is 0.272 e. The van der Waals surface area contributed by atoms with Crippen LogP contribution in [0, 0.1) is 17.0 Å². The second-order valence-corrected chi connectivity index (χ2v) is 4.80. The molecule has 0 spiro atoms. The number of hydrogen-bond donors (Lipinski definition) is 2. The summed E-state index contributed by atoms with van der Waals surface area (Å²) in [6.07, 6.45) is 2.57. The first-order valence-electron chi connectivity index (χ1n) is 6.34. The number of nitrogens with one attached hydrogen (secondary N) is 2. The number of nitro benzene ring substituents is 1. The summed E-state index contributed by atoms with van der Waals surface area (Å²) in [6.45, 7) is 2.63. The molecule has 102 valence electrons. The quantitative estimate of drug-likeness (QED) is 0.642. The minimum absolute atomic E-state index is 0.0624. The lowest BCUT2D eigenvalue weighted by Gasteiger charge is -2.10. The number of carbonyl (C=O) groups is 1. The summed E-state index contributed by atoms with van der Waals surface area (Å²) < 4.78 is 0. The van der Waals surface area contributed by atoms with E-state index in [4.69, 9.17) is 0 Å². The van der Waals surface area contributed by atoms with Gasteiger partial charge in [0.1, 0.15) is 0 Å². The topological polar surface area (TPSA) is 84.3 Å². The van der Waals surface area contributed by atoms with Crippen molar-refractivity contribution in [2.45, 2.75) is 32.2 Å². The normalized spacial score (nSPS) is 18.3. The molecule has 1 amide bonds. The molecule has 0 aromatic heterocycles. The third kappa shape index (κ3) is 3.51. The third-order valence-corrected chi connectivity index (χ3v) is 3.27. The molecule has 1 saturated heterocycles. The van der Waals surface area contributed by atoms with Gasteiger partial charge in [-0.3, -0.25) is 14.9 Å².